The van der Waals surface area contributed by atoms with Crippen LogP contribution >= 0.6 is 0 Å². The van der Waals surface area contributed by atoms with Gasteiger partial charge in [-0.25, -0.2) is 4.79 Å². The van der Waals surface area contributed by atoms with Crippen LogP contribution < -0.4 is 21.6 Å². The van der Waals surface area contributed by atoms with Crippen LogP contribution in [-0.2, 0) is 9.16 Å². The number of benzene rings is 2. The van der Waals surface area contributed by atoms with Crippen molar-refractivity contribution in [3.63, 3.8) is 0 Å². The van der Waals surface area contributed by atoms with Gasteiger partial charge in [0.05, 0.1) is 12.7 Å². The van der Waals surface area contributed by atoms with Gasteiger partial charge in [-0.3, -0.25) is 14.3 Å². The number of hydrogen-bond acceptors (Lipinski definition) is 5. The normalized spacial score (nSPS) is 21.0. The summed E-state index contributed by atoms with van der Waals surface area (Å²) in [7, 11) is -2.78. The monoisotopic (exact) mass is 480 g/mol. The second-order valence-electron chi connectivity index (χ2n) is 9.89. The van der Waals surface area contributed by atoms with Crippen molar-refractivity contribution in [2.75, 3.05) is 6.61 Å². The van der Waals surface area contributed by atoms with E-state index in [1.165, 1.54) is 10.8 Å². The van der Waals surface area contributed by atoms with Gasteiger partial charge in [0.1, 0.15) is 12.3 Å². The fraction of sp³-hybridized carbons (Fsp3) is 0.385. The summed E-state index contributed by atoms with van der Waals surface area (Å²) in [6, 6.07) is 20.5. The van der Waals surface area contributed by atoms with Gasteiger partial charge in [0.2, 0.25) is 0 Å². The molecule has 1 aliphatic rings. The number of nitrogens with one attached hydrogen (secondary N) is 1. The predicted molar refractivity (Wildman–Crippen MR) is 134 cm³/mol. The van der Waals surface area contributed by atoms with Crippen LogP contribution in [0, 0.1) is 6.92 Å². The number of aromatic nitrogens is 2. The van der Waals surface area contributed by atoms with Crippen LogP contribution in [0.15, 0.2) is 76.4 Å². The Hall–Kier alpha value is -2.78. The van der Waals surface area contributed by atoms with E-state index in [9.17, 15) is 14.7 Å². The lowest BCUT2D eigenvalue weighted by molar-refractivity contribution is -0.0427. The van der Waals surface area contributed by atoms with Gasteiger partial charge in [0.25, 0.3) is 13.9 Å². The van der Waals surface area contributed by atoms with E-state index in [2.05, 4.69) is 50.0 Å². The molecule has 1 unspecified atom stereocenters. The summed E-state index contributed by atoms with van der Waals surface area (Å²) in [6.07, 6.45) is -0.372. The SMILES string of the molecule is Cc1cn([C@H]2CC(O)[C@@H](CO[Si](c3ccccc3)(c3ccccc3)C(C)(C)C)O2)c(=O)[nH]c1=O. The third-order valence-electron chi connectivity index (χ3n) is 6.54. The molecule has 0 aliphatic carbocycles. The zero-order valence-electron chi connectivity index (χ0n) is 20.0. The highest BCUT2D eigenvalue weighted by molar-refractivity contribution is 6.99. The molecule has 1 saturated heterocycles. The maximum Gasteiger partial charge on any atom is 0.330 e. The number of nitrogens with zero attached hydrogens (tertiary/aromatic N) is 1. The zero-order valence-corrected chi connectivity index (χ0v) is 21.0. The van der Waals surface area contributed by atoms with Gasteiger partial charge in [0.15, 0.2) is 0 Å². The van der Waals surface area contributed by atoms with E-state index < -0.39 is 38.0 Å². The van der Waals surface area contributed by atoms with Crippen LogP contribution in [0.1, 0.15) is 39.0 Å². The number of aromatic amines is 1. The van der Waals surface area contributed by atoms with E-state index in [0.29, 0.717) is 5.56 Å². The van der Waals surface area contributed by atoms with Crippen molar-refractivity contribution in [3.05, 3.63) is 93.3 Å². The van der Waals surface area contributed by atoms with Crippen LogP contribution in [0.2, 0.25) is 5.04 Å². The van der Waals surface area contributed by atoms with Crippen molar-refractivity contribution in [2.24, 2.45) is 0 Å². The van der Waals surface area contributed by atoms with Gasteiger partial charge >= 0.3 is 5.69 Å². The minimum Gasteiger partial charge on any atom is -0.405 e. The molecule has 0 radical (unpaired) electrons. The third-order valence-corrected chi connectivity index (χ3v) is 11.5. The first kappa shape index (κ1) is 24.3. The summed E-state index contributed by atoms with van der Waals surface area (Å²) in [4.78, 5) is 26.4. The maximum atomic E-state index is 12.3. The molecule has 0 saturated carbocycles. The molecule has 3 atom stereocenters. The number of hydrogen-bond donors (Lipinski definition) is 2. The third kappa shape index (κ3) is 4.46. The molecular formula is C26H32N2O5Si. The smallest absolute Gasteiger partial charge is 0.330 e. The van der Waals surface area contributed by atoms with Crippen LogP contribution in [-0.4, -0.2) is 41.8 Å². The fourth-order valence-corrected chi connectivity index (χ4v) is 9.37. The average Bonchev–Trinajstić information content (AvgIpc) is 3.17. The van der Waals surface area contributed by atoms with Crippen LogP contribution in [0.3, 0.4) is 0 Å². The molecule has 8 heteroatoms. The number of ether oxygens (including phenoxy) is 1. The van der Waals surface area contributed by atoms with Crippen LogP contribution in [0.25, 0.3) is 0 Å². The fourth-order valence-electron chi connectivity index (χ4n) is 4.80. The van der Waals surface area contributed by atoms with E-state index >= 15 is 0 Å². The highest BCUT2D eigenvalue weighted by Gasteiger charge is 2.51. The lowest BCUT2D eigenvalue weighted by Gasteiger charge is -2.43. The van der Waals surface area contributed by atoms with Crippen molar-refractivity contribution >= 4 is 18.7 Å². The molecule has 0 spiro atoms. The Bertz CT molecular complexity index is 1190. The van der Waals surface area contributed by atoms with Gasteiger partial charge in [-0.15, -0.1) is 0 Å². The average molecular weight is 481 g/mol. The molecule has 3 aromatic rings. The Morgan fingerprint density at radius 2 is 1.62 bits per heavy atom. The topological polar surface area (TPSA) is 93.6 Å². The number of aryl methyl sites for hydroxylation is 1. The summed E-state index contributed by atoms with van der Waals surface area (Å²) in [5, 5.41) is 12.9. The van der Waals surface area contributed by atoms with Gasteiger partial charge in [-0.1, -0.05) is 81.4 Å². The highest BCUT2D eigenvalue weighted by atomic mass is 28.4. The molecule has 0 amide bonds. The Kier molecular flexibility index (Phi) is 6.77. The van der Waals surface area contributed by atoms with E-state index in [0.717, 1.165) is 10.4 Å². The van der Waals surface area contributed by atoms with E-state index in [1.54, 1.807) is 6.92 Å². The van der Waals surface area contributed by atoms with E-state index in [-0.39, 0.29) is 18.1 Å². The Morgan fingerprint density at radius 1 is 1.06 bits per heavy atom. The molecule has 7 nitrogen and oxygen atoms in total. The van der Waals surface area contributed by atoms with Gasteiger partial charge in [-0.2, -0.15) is 0 Å². The van der Waals surface area contributed by atoms with E-state index in [4.69, 9.17) is 9.16 Å². The Morgan fingerprint density at radius 3 is 2.15 bits per heavy atom. The zero-order chi connectivity index (χ0) is 24.5. The number of aliphatic hydroxyl groups excluding tert-OH is 1. The van der Waals surface area contributed by atoms with E-state index in [1.807, 2.05) is 36.4 Å². The summed E-state index contributed by atoms with van der Waals surface area (Å²) < 4.78 is 14.3. The first-order valence-corrected chi connectivity index (χ1v) is 13.4. The van der Waals surface area contributed by atoms with Crippen molar-refractivity contribution in [2.45, 2.75) is 57.6 Å². The minimum atomic E-state index is -2.78. The standard InChI is InChI=1S/C26H32N2O5Si/c1-18-16-28(25(31)27-24(18)30)23-15-21(29)22(33-23)17-32-34(26(2,3)4,19-11-7-5-8-12-19)20-13-9-6-10-14-20/h5-14,16,21-23,29H,15,17H2,1-4H3,(H,27,30,31)/t21?,22-,23-/m1/s1. The van der Waals surface area contributed by atoms with Gasteiger partial charge < -0.3 is 14.3 Å². The molecule has 2 N–H and O–H groups in total. The molecule has 180 valence electrons. The summed E-state index contributed by atoms with van der Waals surface area (Å²) in [5.41, 5.74) is -0.572. The number of rotatable bonds is 6. The van der Waals surface area contributed by atoms with Crippen molar-refractivity contribution in [3.8, 4) is 0 Å². The molecule has 2 aromatic carbocycles. The summed E-state index contributed by atoms with van der Waals surface area (Å²) in [5.74, 6) is 0. The molecule has 2 heterocycles. The first-order chi connectivity index (χ1) is 16.1. The Labute approximate surface area is 200 Å². The highest BCUT2D eigenvalue weighted by Crippen LogP contribution is 2.38. The second-order valence-corrected chi connectivity index (χ2v) is 14.2. The Balaban J connectivity index is 1.66. The summed E-state index contributed by atoms with van der Waals surface area (Å²) >= 11 is 0. The van der Waals surface area contributed by atoms with Crippen molar-refractivity contribution < 1.29 is 14.3 Å². The number of aliphatic hydroxyl groups is 1. The maximum absolute atomic E-state index is 12.3. The minimum absolute atomic E-state index is 0.183. The number of H-pyrrole nitrogens is 1. The largest absolute Gasteiger partial charge is 0.405 e. The molecule has 34 heavy (non-hydrogen) atoms. The molecule has 4 rings (SSSR count). The van der Waals surface area contributed by atoms with Gasteiger partial charge in [0, 0.05) is 18.2 Å². The summed E-state index contributed by atoms with van der Waals surface area (Å²) in [6.45, 7) is 8.38. The quantitative estimate of drug-likeness (QED) is 0.527. The lowest BCUT2D eigenvalue weighted by Crippen LogP contribution is -2.67. The molecule has 0 bridgehead atoms. The van der Waals surface area contributed by atoms with Crippen molar-refractivity contribution in [1.29, 1.82) is 0 Å². The molecule has 1 aliphatic heterocycles. The van der Waals surface area contributed by atoms with Crippen LogP contribution in [0.4, 0.5) is 0 Å². The van der Waals surface area contributed by atoms with Gasteiger partial charge in [-0.05, 0) is 22.3 Å². The molecule has 1 aromatic heterocycles. The predicted octanol–water partition coefficient (Wildman–Crippen LogP) is 2.07. The first-order valence-electron chi connectivity index (χ1n) is 11.5. The lowest BCUT2D eigenvalue weighted by atomic mass is 10.2. The second kappa shape index (κ2) is 9.46. The molecule has 1 fully saturated rings. The van der Waals surface area contributed by atoms with Crippen LogP contribution in [0.5, 0.6) is 0 Å². The van der Waals surface area contributed by atoms with Crippen molar-refractivity contribution in [1.82, 2.24) is 9.55 Å². The molecular weight excluding hydrogens is 448 g/mol.